The molecule has 6 nitrogen and oxygen atoms in total. The number of rotatable bonds is 2. The van der Waals surface area contributed by atoms with Gasteiger partial charge in [-0.25, -0.2) is 9.69 Å². The van der Waals surface area contributed by atoms with Crippen LogP contribution in [0.1, 0.15) is 33.6 Å². The van der Waals surface area contributed by atoms with Crippen molar-refractivity contribution in [3.8, 4) is 0 Å². The SMILES string of the molecule is CC(C)(C)OC(=O)N1CCCC=C1OP(O)O.c1ccccc1.c1ccccc1. The predicted octanol–water partition coefficient (Wildman–Crippen LogP) is 5.46. The monoisotopic (exact) mass is 419 g/mol. The van der Waals surface area contributed by atoms with Gasteiger partial charge in [-0.3, -0.25) is 0 Å². The zero-order valence-electron chi connectivity index (χ0n) is 17.1. The number of ether oxygens (including phenoxy) is 1. The van der Waals surface area contributed by atoms with E-state index < -0.39 is 20.3 Å². The molecule has 29 heavy (non-hydrogen) atoms. The van der Waals surface area contributed by atoms with Crippen molar-refractivity contribution < 1.29 is 23.8 Å². The molecule has 0 saturated carbocycles. The molecule has 2 aromatic rings. The number of benzene rings is 2. The molecular weight excluding hydrogens is 389 g/mol. The number of hydrogen-bond acceptors (Lipinski definition) is 5. The van der Waals surface area contributed by atoms with Crippen LogP contribution >= 0.6 is 8.60 Å². The van der Waals surface area contributed by atoms with Crippen molar-refractivity contribution in [1.82, 2.24) is 4.90 Å². The summed E-state index contributed by atoms with van der Waals surface area (Å²) in [6.45, 7) is 5.75. The maximum Gasteiger partial charge on any atom is 0.417 e. The largest absolute Gasteiger partial charge is 0.443 e. The Morgan fingerprint density at radius 3 is 1.66 bits per heavy atom. The lowest BCUT2D eigenvalue weighted by Crippen LogP contribution is -2.38. The summed E-state index contributed by atoms with van der Waals surface area (Å²) in [6.07, 6.45) is 2.63. The van der Waals surface area contributed by atoms with Crippen LogP contribution in [-0.2, 0) is 9.26 Å². The Bertz CT molecular complexity index is 617. The van der Waals surface area contributed by atoms with E-state index >= 15 is 0 Å². The molecule has 3 rings (SSSR count). The maximum absolute atomic E-state index is 11.8. The molecule has 0 radical (unpaired) electrons. The van der Waals surface area contributed by atoms with Gasteiger partial charge >= 0.3 is 14.7 Å². The van der Waals surface area contributed by atoms with Crippen LogP contribution in [0.4, 0.5) is 4.79 Å². The number of hydrogen-bond donors (Lipinski definition) is 2. The Morgan fingerprint density at radius 2 is 1.31 bits per heavy atom. The summed E-state index contributed by atoms with van der Waals surface area (Å²) in [7, 11) is -2.53. The molecule has 0 aromatic heterocycles. The number of amides is 1. The molecule has 2 aromatic carbocycles. The Balaban J connectivity index is 0.000000281. The first-order valence-electron chi connectivity index (χ1n) is 9.36. The molecule has 0 bridgehead atoms. The molecule has 7 heteroatoms. The van der Waals surface area contributed by atoms with Gasteiger partial charge in [-0.15, -0.1) is 0 Å². The Hall–Kier alpha value is -2.40. The second-order valence-electron chi connectivity index (χ2n) is 6.97. The minimum atomic E-state index is -2.53. The van der Waals surface area contributed by atoms with E-state index in [4.69, 9.17) is 19.0 Å². The molecule has 1 amide bonds. The fraction of sp³-hybridized carbons (Fsp3) is 0.318. The molecule has 2 N–H and O–H groups in total. The van der Waals surface area contributed by atoms with Crippen LogP contribution < -0.4 is 0 Å². The van der Waals surface area contributed by atoms with E-state index in [1.807, 2.05) is 72.8 Å². The number of carbonyl (C=O) groups excluding carboxylic acids is 1. The predicted molar refractivity (Wildman–Crippen MR) is 116 cm³/mol. The van der Waals surface area contributed by atoms with Crippen molar-refractivity contribution in [2.45, 2.75) is 39.2 Å². The van der Waals surface area contributed by atoms with Crippen LogP contribution in [0.5, 0.6) is 0 Å². The second kappa shape index (κ2) is 13.7. The zero-order valence-corrected chi connectivity index (χ0v) is 18.0. The van der Waals surface area contributed by atoms with E-state index in [-0.39, 0.29) is 5.88 Å². The average molecular weight is 419 g/mol. The van der Waals surface area contributed by atoms with Crippen LogP contribution in [0, 0.1) is 0 Å². The van der Waals surface area contributed by atoms with E-state index in [1.54, 1.807) is 26.8 Å². The van der Waals surface area contributed by atoms with Gasteiger partial charge in [0.1, 0.15) is 5.60 Å². The van der Waals surface area contributed by atoms with Gasteiger partial charge in [-0.05, 0) is 39.7 Å². The molecule has 0 unspecified atom stereocenters. The van der Waals surface area contributed by atoms with Crippen LogP contribution in [0.25, 0.3) is 0 Å². The van der Waals surface area contributed by atoms with Gasteiger partial charge in [0.2, 0.25) is 5.88 Å². The Morgan fingerprint density at radius 1 is 0.897 bits per heavy atom. The lowest BCUT2D eigenvalue weighted by molar-refractivity contribution is 0.0220. The smallest absolute Gasteiger partial charge is 0.417 e. The molecule has 0 atom stereocenters. The maximum atomic E-state index is 11.8. The molecule has 1 aliphatic heterocycles. The third-order valence-corrected chi connectivity index (χ3v) is 3.64. The highest BCUT2D eigenvalue weighted by Gasteiger charge is 2.28. The fourth-order valence-corrected chi connectivity index (χ4v) is 2.47. The van der Waals surface area contributed by atoms with E-state index in [0.717, 1.165) is 12.8 Å². The summed E-state index contributed by atoms with van der Waals surface area (Å²) >= 11 is 0. The van der Waals surface area contributed by atoms with Gasteiger partial charge in [0.25, 0.3) is 0 Å². The first-order valence-corrected chi connectivity index (χ1v) is 10.5. The van der Waals surface area contributed by atoms with Gasteiger partial charge < -0.3 is 19.0 Å². The Kier molecular flexibility index (Phi) is 11.7. The molecule has 0 spiro atoms. The summed E-state index contributed by atoms with van der Waals surface area (Å²) in [5.74, 6) is 0.154. The minimum Gasteiger partial charge on any atom is -0.443 e. The van der Waals surface area contributed by atoms with Gasteiger partial charge in [0.05, 0.1) is 0 Å². The molecule has 0 aliphatic carbocycles. The van der Waals surface area contributed by atoms with E-state index in [2.05, 4.69) is 0 Å². The normalized spacial score (nSPS) is 13.2. The average Bonchev–Trinajstić information content (AvgIpc) is 2.70. The van der Waals surface area contributed by atoms with Crippen molar-refractivity contribution in [1.29, 1.82) is 0 Å². The molecular formula is C22H30NO5P. The van der Waals surface area contributed by atoms with Gasteiger partial charge in [-0.2, -0.15) is 0 Å². The topological polar surface area (TPSA) is 79.2 Å². The zero-order chi connectivity index (χ0) is 21.5. The highest BCUT2D eigenvalue weighted by atomic mass is 31.2. The van der Waals surface area contributed by atoms with Crippen molar-refractivity contribution in [3.63, 3.8) is 0 Å². The number of carbonyl (C=O) groups is 1. The number of allylic oxidation sites excluding steroid dienone is 1. The fourth-order valence-electron chi connectivity index (χ4n) is 2.13. The van der Waals surface area contributed by atoms with Gasteiger partial charge in [-0.1, -0.05) is 72.8 Å². The lowest BCUT2D eigenvalue weighted by Gasteiger charge is -2.30. The first-order chi connectivity index (χ1) is 13.8. The van der Waals surface area contributed by atoms with Gasteiger partial charge in [0, 0.05) is 6.54 Å². The first kappa shape index (κ1) is 24.6. The molecule has 0 fully saturated rings. The molecule has 1 aliphatic rings. The molecule has 1 heterocycles. The second-order valence-corrected chi connectivity index (χ2v) is 7.66. The number of nitrogens with zero attached hydrogens (tertiary/aromatic N) is 1. The summed E-state index contributed by atoms with van der Waals surface area (Å²) in [6, 6.07) is 24.0. The highest BCUT2D eigenvalue weighted by Crippen LogP contribution is 2.32. The van der Waals surface area contributed by atoms with Crippen LogP contribution in [-0.4, -0.2) is 32.9 Å². The van der Waals surface area contributed by atoms with E-state index in [9.17, 15) is 4.79 Å². The molecule has 158 valence electrons. The van der Waals surface area contributed by atoms with Crippen molar-refractivity contribution in [2.24, 2.45) is 0 Å². The Labute approximate surface area is 174 Å². The quantitative estimate of drug-likeness (QED) is 0.632. The van der Waals surface area contributed by atoms with Crippen molar-refractivity contribution >= 4 is 14.7 Å². The highest BCUT2D eigenvalue weighted by molar-refractivity contribution is 7.39. The van der Waals surface area contributed by atoms with Crippen LogP contribution in [0.15, 0.2) is 84.8 Å². The van der Waals surface area contributed by atoms with Crippen LogP contribution in [0.2, 0.25) is 0 Å². The summed E-state index contributed by atoms with van der Waals surface area (Å²) in [5, 5.41) is 0. The third kappa shape index (κ3) is 12.6. The lowest BCUT2D eigenvalue weighted by atomic mass is 10.2. The summed E-state index contributed by atoms with van der Waals surface area (Å²) in [5.41, 5.74) is -0.594. The minimum absolute atomic E-state index is 0.154. The van der Waals surface area contributed by atoms with Crippen molar-refractivity contribution in [3.05, 3.63) is 84.8 Å². The van der Waals surface area contributed by atoms with E-state index in [0.29, 0.717) is 6.54 Å². The van der Waals surface area contributed by atoms with Crippen molar-refractivity contribution in [2.75, 3.05) is 6.54 Å². The van der Waals surface area contributed by atoms with Gasteiger partial charge in [0.15, 0.2) is 0 Å². The van der Waals surface area contributed by atoms with Crippen LogP contribution in [0.3, 0.4) is 0 Å². The summed E-state index contributed by atoms with van der Waals surface area (Å²) < 4.78 is 10.0. The standard InChI is InChI=1S/C10H18NO5P.2C6H6/c1-10(2,3)15-9(12)11-7-5-4-6-8(11)16-17(13)14;2*1-2-4-6-5-3-1/h6,13-14H,4-5,7H2,1-3H3;2*1-6H. The van der Waals surface area contributed by atoms with E-state index in [1.165, 1.54) is 4.90 Å². The molecule has 0 saturated heterocycles. The summed E-state index contributed by atoms with van der Waals surface area (Å²) in [4.78, 5) is 30.7. The third-order valence-electron chi connectivity index (χ3n) is 3.29.